The number of hydrogen-bond donors (Lipinski definition) is 3. The minimum Gasteiger partial charge on any atom is -0.481 e. The fourth-order valence-electron chi connectivity index (χ4n) is 1.43. The third-order valence-electron chi connectivity index (χ3n) is 2.81. The van der Waals surface area contributed by atoms with Gasteiger partial charge in [0.1, 0.15) is 5.82 Å². The van der Waals surface area contributed by atoms with Crippen LogP contribution in [0.3, 0.4) is 0 Å². The van der Waals surface area contributed by atoms with Crippen LogP contribution in [0.5, 0.6) is 0 Å². The normalized spacial score (nSPS) is 10.9. The lowest BCUT2D eigenvalue weighted by atomic mass is 9.94. The number of carbonyl (C=O) groups excluding carboxylic acids is 2. The molecular formula is C14H17FN2O4. The molecule has 0 aliphatic rings. The molecule has 0 aliphatic carbocycles. The summed E-state index contributed by atoms with van der Waals surface area (Å²) in [7, 11) is 0. The highest BCUT2D eigenvalue weighted by Crippen LogP contribution is 2.17. The number of nitrogens with one attached hydrogen (secondary N) is 2. The van der Waals surface area contributed by atoms with Crippen LogP contribution in [0, 0.1) is 11.2 Å². The van der Waals surface area contributed by atoms with Crippen molar-refractivity contribution >= 4 is 23.5 Å². The molecule has 1 rings (SSSR count). The third kappa shape index (κ3) is 4.55. The molecule has 1 aromatic carbocycles. The first-order chi connectivity index (χ1) is 9.63. The minimum absolute atomic E-state index is 0.0754. The van der Waals surface area contributed by atoms with Crippen LogP contribution in [0.25, 0.3) is 0 Å². The molecule has 0 aromatic heterocycles. The third-order valence-corrected chi connectivity index (χ3v) is 2.81. The fourth-order valence-corrected chi connectivity index (χ4v) is 1.43. The van der Waals surface area contributed by atoms with E-state index in [0.717, 1.165) is 6.07 Å². The van der Waals surface area contributed by atoms with Gasteiger partial charge in [-0.25, -0.2) is 4.39 Å². The predicted octanol–water partition coefficient (Wildman–Crippen LogP) is 1.62. The van der Waals surface area contributed by atoms with Crippen molar-refractivity contribution in [2.75, 3.05) is 11.9 Å². The first-order valence-corrected chi connectivity index (χ1v) is 6.22. The van der Waals surface area contributed by atoms with Gasteiger partial charge in [0.25, 0.3) is 5.91 Å². The SMILES string of the molecule is CC(=O)Nc1cc(C(=O)NCC(C)(C)C(=O)O)ccc1F. The Morgan fingerprint density at radius 3 is 2.43 bits per heavy atom. The second kappa shape index (κ2) is 6.34. The van der Waals surface area contributed by atoms with Gasteiger partial charge in [0, 0.05) is 19.0 Å². The number of aliphatic carboxylic acids is 1. The molecule has 0 heterocycles. The summed E-state index contributed by atoms with van der Waals surface area (Å²) in [6, 6.07) is 3.51. The highest BCUT2D eigenvalue weighted by atomic mass is 19.1. The predicted molar refractivity (Wildman–Crippen MR) is 74.5 cm³/mol. The standard InChI is InChI=1S/C14H17FN2O4/c1-8(18)17-11-6-9(4-5-10(11)15)12(19)16-7-14(2,3)13(20)21/h4-6H,7H2,1-3H3,(H,16,19)(H,17,18)(H,20,21). The molecule has 0 aliphatic heterocycles. The van der Waals surface area contributed by atoms with Crippen molar-refractivity contribution in [1.29, 1.82) is 0 Å². The highest BCUT2D eigenvalue weighted by Gasteiger charge is 2.27. The Balaban J connectivity index is 2.84. The lowest BCUT2D eigenvalue weighted by Gasteiger charge is -2.19. The zero-order valence-corrected chi connectivity index (χ0v) is 12.0. The molecule has 0 fully saturated rings. The molecule has 0 saturated carbocycles. The average Bonchev–Trinajstić information content (AvgIpc) is 2.38. The van der Waals surface area contributed by atoms with Crippen molar-refractivity contribution in [3.05, 3.63) is 29.6 Å². The van der Waals surface area contributed by atoms with Gasteiger partial charge >= 0.3 is 5.97 Å². The molecule has 6 nitrogen and oxygen atoms in total. The molecular weight excluding hydrogens is 279 g/mol. The number of hydrogen-bond acceptors (Lipinski definition) is 3. The van der Waals surface area contributed by atoms with E-state index in [-0.39, 0.29) is 17.8 Å². The number of anilines is 1. The summed E-state index contributed by atoms with van der Waals surface area (Å²) in [5, 5.41) is 13.7. The van der Waals surface area contributed by atoms with E-state index < -0.39 is 29.0 Å². The van der Waals surface area contributed by atoms with Crippen LogP contribution in [0.4, 0.5) is 10.1 Å². The van der Waals surface area contributed by atoms with Gasteiger partial charge in [0.15, 0.2) is 0 Å². The van der Waals surface area contributed by atoms with Crippen LogP contribution in [0.1, 0.15) is 31.1 Å². The van der Waals surface area contributed by atoms with Crippen molar-refractivity contribution in [2.45, 2.75) is 20.8 Å². The Morgan fingerprint density at radius 1 is 1.29 bits per heavy atom. The first kappa shape index (κ1) is 16.6. The van der Waals surface area contributed by atoms with Crippen molar-refractivity contribution in [1.82, 2.24) is 5.32 Å². The van der Waals surface area contributed by atoms with Crippen molar-refractivity contribution < 1.29 is 23.9 Å². The monoisotopic (exact) mass is 296 g/mol. The van der Waals surface area contributed by atoms with Gasteiger partial charge in [0.05, 0.1) is 11.1 Å². The molecule has 0 unspecified atom stereocenters. The highest BCUT2D eigenvalue weighted by molar-refractivity contribution is 5.97. The molecule has 7 heteroatoms. The van der Waals surface area contributed by atoms with Crippen molar-refractivity contribution in [2.24, 2.45) is 5.41 Å². The largest absolute Gasteiger partial charge is 0.481 e. The second-order valence-corrected chi connectivity index (χ2v) is 5.25. The van der Waals surface area contributed by atoms with E-state index in [1.165, 1.54) is 32.9 Å². The maximum Gasteiger partial charge on any atom is 0.310 e. The first-order valence-electron chi connectivity index (χ1n) is 6.22. The van der Waals surface area contributed by atoms with Crippen LogP contribution >= 0.6 is 0 Å². The second-order valence-electron chi connectivity index (χ2n) is 5.25. The Morgan fingerprint density at radius 2 is 1.90 bits per heavy atom. The van der Waals surface area contributed by atoms with Gasteiger partial charge in [-0.05, 0) is 32.0 Å². The summed E-state index contributed by atoms with van der Waals surface area (Å²) in [5.74, 6) is -2.71. The summed E-state index contributed by atoms with van der Waals surface area (Å²) in [6.45, 7) is 4.10. The molecule has 0 radical (unpaired) electrons. The number of carboxylic acid groups (broad SMARTS) is 1. The van der Waals surface area contributed by atoms with Crippen LogP contribution < -0.4 is 10.6 Å². The van der Waals surface area contributed by atoms with Gasteiger partial charge in [-0.1, -0.05) is 0 Å². The zero-order chi connectivity index (χ0) is 16.2. The molecule has 1 aromatic rings. The van der Waals surface area contributed by atoms with Crippen LogP contribution in [-0.4, -0.2) is 29.4 Å². The molecule has 21 heavy (non-hydrogen) atoms. The topological polar surface area (TPSA) is 95.5 Å². The molecule has 0 atom stereocenters. The molecule has 0 spiro atoms. The zero-order valence-electron chi connectivity index (χ0n) is 12.0. The summed E-state index contributed by atoms with van der Waals surface area (Å²) >= 11 is 0. The summed E-state index contributed by atoms with van der Waals surface area (Å²) in [4.78, 5) is 33.8. The van der Waals surface area contributed by atoms with E-state index in [1.54, 1.807) is 0 Å². The number of carboxylic acids is 1. The average molecular weight is 296 g/mol. The maximum absolute atomic E-state index is 13.5. The molecule has 0 saturated heterocycles. The van der Waals surface area contributed by atoms with Gasteiger partial charge in [0.2, 0.25) is 5.91 Å². The number of amides is 2. The number of halogens is 1. The van der Waals surface area contributed by atoms with E-state index in [0.29, 0.717) is 0 Å². The van der Waals surface area contributed by atoms with E-state index in [1.807, 2.05) is 0 Å². The maximum atomic E-state index is 13.5. The minimum atomic E-state index is -1.11. The van der Waals surface area contributed by atoms with Gasteiger partial charge in [-0.15, -0.1) is 0 Å². The molecule has 114 valence electrons. The summed E-state index contributed by atoms with van der Waals surface area (Å²) in [6.07, 6.45) is 0. The van der Waals surface area contributed by atoms with E-state index >= 15 is 0 Å². The van der Waals surface area contributed by atoms with E-state index in [9.17, 15) is 18.8 Å². The summed E-state index contributed by atoms with van der Waals surface area (Å²) in [5.41, 5.74) is -1.09. The smallest absolute Gasteiger partial charge is 0.310 e. The molecule has 0 bridgehead atoms. The summed E-state index contributed by atoms with van der Waals surface area (Å²) < 4.78 is 13.5. The quantitative estimate of drug-likeness (QED) is 0.769. The van der Waals surface area contributed by atoms with Gasteiger partial charge < -0.3 is 15.7 Å². The Kier molecular flexibility index (Phi) is 5.02. The van der Waals surface area contributed by atoms with E-state index in [2.05, 4.69) is 10.6 Å². The molecule has 3 N–H and O–H groups in total. The number of benzene rings is 1. The number of rotatable bonds is 5. The van der Waals surface area contributed by atoms with Crippen LogP contribution in [0.15, 0.2) is 18.2 Å². The Bertz CT molecular complexity index is 584. The Hall–Kier alpha value is -2.44. The number of carbonyl (C=O) groups is 3. The lowest BCUT2D eigenvalue weighted by molar-refractivity contribution is -0.146. The molecule has 2 amide bonds. The van der Waals surface area contributed by atoms with Gasteiger partial charge in [-0.2, -0.15) is 0 Å². The van der Waals surface area contributed by atoms with Gasteiger partial charge in [-0.3, -0.25) is 14.4 Å². The fraction of sp³-hybridized carbons (Fsp3) is 0.357. The van der Waals surface area contributed by atoms with Crippen LogP contribution in [-0.2, 0) is 9.59 Å². The van der Waals surface area contributed by atoms with Crippen molar-refractivity contribution in [3.8, 4) is 0 Å². The van der Waals surface area contributed by atoms with Crippen molar-refractivity contribution in [3.63, 3.8) is 0 Å². The van der Waals surface area contributed by atoms with Crippen LogP contribution in [0.2, 0.25) is 0 Å². The Labute approximate surface area is 121 Å². The lowest BCUT2D eigenvalue weighted by Crippen LogP contribution is -2.38. The van der Waals surface area contributed by atoms with E-state index in [4.69, 9.17) is 5.11 Å².